The van der Waals surface area contributed by atoms with Gasteiger partial charge in [0, 0.05) is 24.2 Å². The van der Waals surface area contributed by atoms with Crippen molar-refractivity contribution in [3.63, 3.8) is 0 Å². The number of piperidine rings is 1. The van der Waals surface area contributed by atoms with Crippen molar-refractivity contribution in [3.05, 3.63) is 41.9 Å². The summed E-state index contributed by atoms with van der Waals surface area (Å²) < 4.78 is 27.5. The van der Waals surface area contributed by atoms with E-state index in [1.54, 1.807) is 6.92 Å². The Kier molecular flexibility index (Phi) is 8.52. The largest absolute Gasteiger partial charge is 0.378 e. The number of nitrogens with zero attached hydrogens (tertiary/aromatic N) is 2. The smallest absolute Gasteiger partial charge is 0.238 e. The highest BCUT2D eigenvalue weighted by atomic mass is 19.1. The van der Waals surface area contributed by atoms with Gasteiger partial charge in [-0.05, 0) is 69.4 Å². The minimum Gasteiger partial charge on any atom is -0.378 e. The molecule has 10 heteroatoms. The maximum atomic E-state index is 14.2. The van der Waals surface area contributed by atoms with Crippen LogP contribution in [0.2, 0.25) is 0 Å². The minimum absolute atomic E-state index is 0.0139. The lowest BCUT2D eigenvalue weighted by molar-refractivity contribution is -0.139. The van der Waals surface area contributed by atoms with Gasteiger partial charge in [0.1, 0.15) is 23.7 Å². The van der Waals surface area contributed by atoms with E-state index in [-0.39, 0.29) is 35.3 Å². The Labute approximate surface area is 222 Å². The molecule has 0 bridgehead atoms. The summed E-state index contributed by atoms with van der Waals surface area (Å²) >= 11 is 0. The molecule has 1 aliphatic heterocycles. The molecule has 2 amide bonds. The molecule has 0 radical (unpaired) electrons. The van der Waals surface area contributed by atoms with Gasteiger partial charge >= 0.3 is 0 Å². The molecule has 1 aliphatic carbocycles. The number of aliphatic hydroxyl groups is 1. The average Bonchev–Trinajstić information content (AvgIpc) is 3.32. The first kappa shape index (κ1) is 28.2. The van der Waals surface area contributed by atoms with Crippen molar-refractivity contribution in [3.8, 4) is 11.3 Å². The number of benzene rings is 1. The van der Waals surface area contributed by atoms with Gasteiger partial charge in [-0.2, -0.15) is 0 Å². The second-order valence-corrected chi connectivity index (χ2v) is 11.7. The van der Waals surface area contributed by atoms with E-state index in [1.165, 1.54) is 12.3 Å². The predicted molar refractivity (Wildman–Crippen MR) is 140 cm³/mol. The summed E-state index contributed by atoms with van der Waals surface area (Å²) in [6.45, 7) is 8.68. The second kappa shape index (κ2) is 11.5. The molecule has 2 aliphatic rings. The summed E-state index contributed by atoms with van der Waals surface area (Å²) in [5.74, 6) is -1.55. The zero-order chi connectivity index (χ0) is 27.6. The van der Waals surface area contributed by atoms with Gasteiger partial charge in [-0.15, -0.1) is 0 Å². The van der Waals surface area contributed by atoms with Crippen LogP contribution in [0.3, 0.4) is 0 Å². The molecule has 1 aromatic heterocycles. The topological polar surface area (TPSA) is 110 Å². The molecule has 1 aromatic carbocycles. The normalized spacial score (nSPS) is 21.9. The fourth-order valence-electron chi connectivity index (χ4n) is 5.70. The molecule has 1 saturated carbocycles. The van der Waals surface area contributed by atoms with E-state index >= 15 is 0 Å². The number of amides is 2. The fourth-order valence-corrected chi connectivity index (χ4v) is 5.70. The molecule has 38 heavy (non-hydrogen) atoms. The molecule has 8 nitrogen and oxygen atoms in total. The first-order chi connectivity index (χ1) is 17.9. The van der Waals surface area contributed by atoms with Crippen molar-refractivity contribution in [2.24, 2.45) is 11.3 Å². The van der Waals surface area contributed by atoms with Gasteiger partial charge in [-0.3, -0.25) is 14.9 Å². The van der Waals surface area contributed by atoms with Crippen LogP contribution in [0, 0.1) is 23.0 Å². The Morgan fingerprint density at radius 2 is 2.00 bits per heavy atom. The van der Waals surface area contributed by atoms with Crippen LogP contribution in [0.4, 0.5) is 8.78 Å². The molecule has 2 fully saturated rings. The Balaban J connectivity index is 1.45. The van der Waals surface area contributed by atoms with Gasteiger partial charge in [0.25, 0.3) is 0 Å². The highest BCUT2D eigenvalue weighted by Gasteiger charge is 2.41. The molecule has 4 atom stereocenters. The Morgan fingerprint density at radius 1 is 1.26 bits per heavy atom. The van der Waals surface area contributed by atoms with Crippen LogP contribution >= 0.6 is 0 Å². The van der Waals surface area contributed by atoms with Crippen LogP contribution < -0.4 is 10.6 Å². The number of aliphatic hydroxyl groups excluding tert-OH is 1. The number of H-pyrrole nitrogens is 1. The van der Waals surface area contributed by atoms with Crippen LogP contribution in [-0.2, 0) is 9.59 Å². The van der Waals surface area contributed by atoms with Gasteiger partial charge in [-0.1, -0.05) is 13.8 Å². The fraction of sp³-hybridized carbons (Fsp3) is 0.607. The lowest BCUT2D eigenvalue weighted by Gasteiger charge is -2.45. The minimum atomic E-state index is -0.929. The number of likely N-dealkylation sites (tertiary alicyclic amines) is 1. The standard InChI is InChI=1S/C28H39F2N5O3/c1-16-7-5-6-10-35(16)24(36)12-22(34-26(37)18-13-28(3,4)14-18)27(38)32-17(2)25-31-15-23(33-25)20-9-8-19(29)11-21(20)30/h8-9,11,15-18,22,26,34,37H,5-7,10,12-14H2,1-4H3,(H,31,33)(H,32,38)/t16-,17-,22-,26?/m0/s1. The number of hydrogen-bond acceptors (Lipinski definition) is 5. The first-order valence-corrected chi connectivity index (χ1v) is 13.5. The molecule has 1 saturated heterocycles. The molecule has 2 aromatic rings. The van der Waals surface area contributed by atoms with Crippen LogP contribution in [0.15, 0.2) is 24.4 Å². The number of rotatable bonds is 9. The van der Waals surface area contributed by atoms with Crippen molar-refractivity contribution >= 4 is 11.8 Å². The second-order valence-electron chi connectivity index (χ2n) is 11.7. The van der Waals surface area contributed by atoms with E-state index < -0.39 is 35.9 Å². The van der Waals surface area contributed by atoms with Crippen LogP contribution in [-0.4, -0.2) is 56.6 Å². The Bertz CT molecular complexity index is 1150. The lowest BCUT2D eigenvalue weighted by Crippen LogP contribution is -2.56. The number of hydrogen-bond donors (Lipinski definition) is 4. The molecule has 208 valence electrons. The van der Waals surface area contributed by atoms with E-state index in [2.05, 4.69) is 34.4 Å². The molecular formula is C28H39F2N5O3. The number of aromatic nitrogens is 2. The highest BCUT2D eigenvalue weighted by molar-refractivity contribution is 5.88. The monoisotopic (exact) mass is 531 g/mol. The molecule has 2 heterocycles. The van der Waals surface area contributed by atoms with Crippen molar-refractivity contribution in [2.75, 3.05) is 6.54 Å². The van der Waals surface area contributed by atoms with Crippen molar-refractivity contribution in [1.29, 1.82) is 0 Å². The van der Waals surface area contributed by atoms with Gasteiger partial charge in [0.05, 0.1) is 30.4 Å². The van der Waals surface area contributed by atoms with Crippen molar-refractivity contribution in [2.45, 2.75) is 90.6 Å². The number of imidazole rings is 1. The summed E-state index contributed by atoms with van der Waals surface area (Å²) in [4.78, 5) is 35.6. The molecule has 1 unspecified atom stereocenters. The molecule has 4 N–H and O–H groups in total. The lowest BCUT2D eigenvalue weighted by atomic mass is 9.64. The first-order valence-electron chi connectivity index (χ1n) is 13.5. The van der Waals surface area contributed by atoms with E-state index in [1.807, 2.05) is 11.8 Å². The van der Waals surface area contributed by atoms with E-state index in [9.17, 15) is 23.5 Å². The van der Waals surface area contributed by atoms with E-state index in [4.69, 9.17) is 0 Å². The van der Waals surface area contributed by atoms with Gasteiger partial charge < -0.3 is 20.3 Å². The predicted octanol–water partition coefficient (Wildman–Crippen LogP) is 4.04. The summed E-state index contributed by atoms with van der Waals surface area (Å²) in [7, 11) is 0. The van der Waals surface area contributed by atoms with E-state index in [0.717, 1.165) is 44.2 Å². The van der Waals surface area contributed by atoms with Crippen molar-refractivity contribution in [1.82, 2.24) is 25.5 Å². The number of carbonyl (C=O) groups is 2. The van der Waals surface area contributed by atoms with Crippen molar-refractivity contribution < 1.29 is 23.5 Å². The highest BCUT2D eigenvalue weighted by Crippen LogP contribution is 2.46. The van der Waals surface area contributed by atoms with Gasteiger partial charge in [-0.25, -0.2) is 13.8 Å². The average molecular weight is 532 g/mol. The van der Waals surface area contributed by atoms with Crippen LogP contribution in [0.25, 0.3) is 11.3 Å². The zero-order valence-electron chi connectivity index (χ0n) is 22.6. The Morgan fingerprint density at radius 3 is 2.66 bits per heavy atom. The zero-order valence-corrected chi connectivity index (χ0v) is 22.6. The number of halogens is 2. The maximum absolute atomic E-state index is 14.2. The summed E-state index contributed by atoms with van der Waals surface area (Å²) in [5, 5.41) is 16.7. The summed E-state index contributed by atoms with van der Waals surface area (Å²) in [6.07, 6.45) is 5.06. The van der Waals surface area contributed by atoms with Gasteiger partial charge in [0.15, 0.2) is 0 Å². The number of aromatic amines is 1. The molecular weight excluding hydrogens is 492 g/mol. The maximum Gasteiger partial charge on any atom is 0.238 e. The van der Waals surface area contributed by atoms with Crippen LogP contribution in [0.5, 0.6) is 0 Å². The molecule has 4 rings (SSSR count). The van der Waals surface area contributed by atoms with Gasteiger partial charge in [0.2, 0.25) is 11.8 Å². The van der Waals surface area contributed by atoms with E-state index in [0.29, 0.717) is 18.1 Å². The third kappa shape index (κ3) is 6.58. The third-order valence-corrected chi connectivity index (χ3v) is 7.85. The van der Waals surface area contributed by atoms with Crippen LogP contribution in [0.1, 0.15) is 78.1 Å². The number of carbonyl (C=O) groups excluding carboxylic acids is 2. The SMILES string of the molecule is C[C@H](NC(=O)[C@H](CC(=O)N1CCCC[C@@H]1C)NC(O)C1CC(C)(C)C1)c1ncc(-c2ccc(F)cc2F)[nH]1. The quantitative estimate of drug-likeness (QED) is 0.365. The summed E-state index contributed by atoms with van der Waals surface area (Å²) in [6, 6.07) is 1.88. The third-order valence-electron chi connectivity index (χ3n) is 7.85. The summed E-state index contributed by atoms with van der Waals surface area (Å²) in [5.41, 5.74) is 0.668. The number of nitrogens with one attached hydrogen (secondary N) is 3. The molecule has 0 spiro atoms. The Hall–Kier alpha value is -2.85.